The van der Waals surface area contributed by atoms with Crippen LogP contribution in [0.1, 0.15) is 29.8 Å². The van der Waals surface area contributed by atoms with Gasteiger partial charge >= 0.3 is 6.61 Å². The summed E-state index contributed by atoms with van der Waals surface area (Å²) in [5, 5.41) is 2.80. The Morgan fingerprint density at radius 3 is 2.33 bits per heavy atom. The average Bonchev–Trinajstić information content (AvgIpc) is 2.70. The zero-order valence-corrected chi connectivity index (χ0v) is 17.4. The Kier molecular flexibility index (Phi) is 8.73. The van der Waals surface area contributed by atoms with Gasteiger partial charge in [-0.2, -0.15) is 8.78 Å². The molecule has 2 aromatic carbocycles. The van der Waals surface area contributed by atoms with Crippen LogP contribution in [0.3, 0.4) is 0 Å². The number of carbonyl (C=O) groups is 2. The molecule has 0 aliphatic rings. The molecule has 0 fully saturated rings. The van der Waals surface area contributed by atoms with Crippen molar-refractivity contribution in [3.05, 3.63) is 59.7 Å². The zero-order chi connectivity index (χ0) is 22.1. The van der Waals surface area contributed by atoms with Crippen molar-refractivity contribution < 1.29 is 23.1 Å². The SMILES string of the molecule is CCN(CC)C(=O)c1cccc(NC(=O)CN(C)Cc2ccc(OC(F)F)cc2)c1. The Balaban J connectivity index is 1.90. The van der Waals surface area contributed by atoms with Gasteiger partial charge in [0.15, 0.2) is 0 Å². The molecule has 6 nitrogen and oxygen atoms in total. The monoisotopic (exact) mass is 419 g/mol. The standard InChI is InChI=1S/C22H27F2N3O3/c1-4-27(5-2)21(29)17-7-6-8-18(13-17)25-20(28)15-26(3)14-16-9-11-19(12-10-16)30-22(23)24/h6-13,22H,4-5,14-15H2,1-3H3,(H,25,28). The average molecular weight is 419 g/mol. The van der Waals surface area contributed by atoms with Crippen molar-refractivity contribution in [2.45, 2.75) is 27.0 Å². The van der Waals surface area contributed by atoms with Gasteiger partial charge in [0.05, 0.1) is 6.54 Å². The first-order valence-electron chi connectivity index (χ1n) is 9.73. The third-order valence-electron chi connectivity index (χ3n) is 4.46. The molecule has 2 rings (SSSR count). The lowest BCUT2D eigenvalue weighted by atomic mass is 10.1. The summed E-state index contributed by atoms with van der Waals surface area (Å²) >= 11 is 0. The van der Waals surface area contributed by atoms with E-state index in [2.05, 4.69) is 10.1 Å². The summed E-state index contributed by atoms with van der Waals surface area (Å²) in [5.41, 5.74) is 1.94. The van der Waals surface area contributed by atoms with Gasteiger partial charge in [0.1, 0.15) is 5.75 Å². The van der Waals surface area contributed by atoms with Gasteiger partial charge in [-0.15, -0.1) is 0 Å². The molecule has 1 N–H and O–H groups in total. The highest BCUT2D eigenvalue weighted by Crippen LogP contribution is 2.16. The van der Waals surface area contributed by atoms with Gasteiger partial charge in [0, 0.05) is 30.9 Å². The van der Waals surface area contributed by atoms with Crippen LogP contribution in [0.2, 0.25) is 0 Å². The normalized spacial score (nSPS) is 10.9. The van der Waals surface area contributed by atoms with Gasteiger partial charge in [-0.05, 0) is 56.8 Å². The van der Waals surface area contributed by atoms with Crippen LogP contribution >= 0.6 is 0 Å². The second-order valence-electron chi connectivity index (χ2n) is 6.80. The number of nitrogens with one attached hydrogen (secondary N) is 1. The van der Waals surface area contributed by atoms with Crippen molar-refractivity contribution in [2.75, 3.05) is 32.0 Å². The van der Waals surface area contributed by atoms with Crippen LogP contribution in [0.4, 0.5) is 14.5 Å². The van der Waals surface area contributed by atoms with Crippen LogP contribution in [0.15, 0.2) is 48.5 Å². The van der Waals surface area contributed by atoms with Crippen LogP contribution < -0.4 is 10.1 Å². The van der Waals surface area contributed by atoms with Crippen LogP contribution in [0, 0.1) is 0 Å². The summed E-state index contributed by atoms with van der Waals surface area (Å²) in [6.07, 6.45) is 0. The molecule has 8 heteroatoms. The highest BCUT2D eigenvalue weighted by Gasteiger charge is 2.14. The molecule has 162 valence electrons. The van der Waals surface area contributed by atoms with Gasteiger partial charge in [0.2, 0.25) is 5.91 Å². The number of benzene rings is 2. The number of halogens is 2. The molecule has 0 atom stereocenters. The summed E-state index contributed by atoms with van der Waals surface area (Å²) in [6, 6.07) is 13.1. The summed E-state index contributed by atoms with van der Waals surface area (Å²) in [4.78, 5) is 28.3. The summed E-state index contributed by atoms with van der Waals surface area (Å²) in [6.45, 7) is 2.80. The topological polar surface area (TPSA) is 61.9 Å². The quantitative estimate of drug-likeness (QED) is 0.636. The van der Waals surface area contributed by atoms with Crippen molar-refractivity contribution in [1.82, 2.24) is 9.80 Å². The van der Waals surface area contributed by atoms with Crippen molar-refractivity contribution in [1.29, 1.82) is 0 Å². The van der Waals surface area contributed by atoms with Gasteiger partial charge < -0.3 is 15.0 Å². The Morgan fingerprint density at radius 2 is 1.73 bits per heavy atom. The third kappa shape index (κ3) is 7.11. The smallest absolute Gasteiger partial charge is 0.387 e. The number of anilines is 1. The molecule has 0 saturated carbocycles. The van der Waals surface area contributed by atoms with Gasteiger partial charge in [-0.1, -0.05) is 18.2 Å². The Labute approximate surface area is 175 Å². The fourth-order valence-corrected chi connectivity index (χ4v) is 3.01. The second-order valence-corrected chi connectivity index (χ2v) is 6.80. The van der Waals surface area contributed by atoms with Gasteiger partial charge in [-0.25, -0.2) is 0 Å². The fraction of sp³-hybridized carbons (Fsp3) is 0.364. The van der Waals surface area contributed by atoms with E-state index >= 15 is 0 Å². The lowest BCUT2D eigenvalue weighted by Gasteiger charge is -2.19. The lowest BCUT2D eigenvalue weighted by Crippen LogP contribution is -2.31. The minimum atomic E-state index is -2.86. The minimum Gasteiger partial charge on any atom is -0.435 e. The molecular formula is C22H27F2N3O3. The minimum absolute atomic E-state index is 0.0764. The van der Waals surface area contributed by atoms with E-state index in [1.165, 1.54) is 12.1 Å². The first-order valence-corrected chi connectivity index (χ1v) is 9.73. The number of alkyl halides is 2. The Hall–Kier alpha value is -3.00. The number of hydrogen-bond acceptors (Lipinski definition) is 4. The molecule has 0 aromatic heterocycles. The largest absolute Gasteiger partial charge is 0.435 e. The predicted molar refractivity (Wildman–Crippen MR) is 112 cm³/mol. The van der Waals surface area contributed by atoms with Crippen molar-refractivity contribution in [3.8, 4) is 5.75 Å². The predicted octanol–water partition coefficient (Wildman–Crippen LogP) is 3.84. The molecule has 0 saturated heterocycles. The first-order chi connectivity index (χ1) is 14.3. The van der Waals surface area contributed by atoms with Crippen LogP contribution in [-0.4, -0.2) is 54.9 Å². The number of rotatable bonds is 10. The Bertz CT molecular complexity index is 840. The van der Waals surface area contributed by atoms with E-state index in [0.717, 1.165) is 5.56 Å². The second kappa shape index (κ2) is 11.3. The number of likely N-dealkylation sites (N-methyl/N-ethyl adjacent to an activating group) is 1. The van der Waals surface area contributed by atoms with E-state index in [4.69, 9.17) is 0 Å². The van der Waals surface area contributed by atoms with Crippen molar-refractivity contribution >= 4 is 17.5 Å². The lowest BCUT2D eigenvalue weighted by molar-refractivity contribution is -0.117. The van der Waals surface area contributed by atoms with Crippen LogP contribution in [0.5, 0.6) is 5.75 Å². The molecular weight excluding hydrogens is 392 g/mol. The summed E-state index contributed by atoms with van der Waals surface area (Å²) in [7, 11) is 1.78. The fourth-order valence-electron chi connectivity index (χ4n) is 3.01. The van der Waals surface area contributed by atoms with E-state index in [1.807, 2.05) is 13.8 Å². The number of hydrogen-bond donors (Lipinski definition) is 1. The number of carbonyl (C=O) groups excluding carboxylic acids is 2. The molecule has 0 heterocycles. The number of amides is 2. The molecule has 2 aromatic rings. The summed E-state index contributed by atoms with van der Waals surface area (Å²) in [5.74, 6) is -0.205. The van der Waals surface area contributed by atoms with E-state index in [0.29, 0.717) is 30.9 Å². The van der Waals surface area contributed by atoms with Gasteiger partial charge in [-0.3, -0.25) is 14.5 Å². The highest BCUT2D eigenvalue weighted by molar-refractivity contribution is 5.97. The van der Waals surface area contributed by atoms with E-state index in [9.17, 15) is 18.4 Å². The maximum atomic E-state index is 12.5. The molecule has 30 heavy (non-hydrogen) atoms. The molecule has 0 aliphatic heterocycles. The van der Waals surface area contributed by atoms with Crippen molar-refractivity contribution in [2.24, 2.45) is 0 Å². The molecule has 0 aliphatic carbocycles. The molecule has 0 spiro atoms. The zero-order valence-electron chi connectivity index (χ0n) is 17.4. The summed E-state index contributed by atoms with van der Waals surface area (Å²) < 4.78 is 28.7. The third-order valence-corrected chi connectivity index (χ3v) is 4.46. The first kappa shape index (κ1) is 23.3. The molecule has 2 amide bonds. The van der Waals surface area contributed by atoms with E-state index in [-0.39, 0.29) is 24.1 Å². The van der Waals surface area contributed by atoms with E-state index < -0.39 is 6.61 Å². The van der Waals surface area contributed by atoms with Crippen LogP contribution in [-0.2, 0) is 11.3 Å². The molecule has 0 radical (unpaired) electrons. The maximum Gasteiger partial charge on any atom is 0.387 e. The maximum absolute atomic E-state index is 12.5. The highest BCUT2D eigenvalue weighted by atomic mass is 19.3. The van der Waals surface area contributed by atoms with Gasteiger partial charge in [0.25, 0.3) is 5.91 Å². The Morgan fingerprint density at radius 1 is 1.07 bits per heavy atom. The number of ether oxygens (including phenoxy) is 1. The van der Waals surface area contributed by atoms with Crippen molar-refractivity contribution in [3.63, 3.8) is 0 Å². The van der Waals surface area contributed by atoms with Crippen LogP contribution in [0.25, 0.3) is 0 Å². The number of nitrogens with zero attached hydrogens (tertiary/aromatic N) is 2. The van der Waals surface area contributed by atoms with E-state index in [1.54, 1.807) is 53.2 Å². The molecule has 0 unspecified atom stereocenters. The molecule has 0 bridgehead atoms.